The van der Waals surface area contributed by atoms with Crippen molar-refractivity contribution in [1.29, 1.82) is 0 Å². The third-order valence-electron chi connectivity index (χ3n) is 5.52. The highest BCUT2D eigenvalue weighted by Crippen LogP contribution is 2.29. The van der Waals surface area contributed by atoms with Gasteiger partial charge in [-0.05, 0) is 31.0 Å². The molecule has 9 heteroatoms. The van der Waals surface area contributed by atoms with E-state index in [0.29, 0.717) is 43.9 Å². The van der Waals surface area contributed by atoms with Gasteiger partial charge in [0.15, 0.2) is 5.84 Å². The molecular weight excluding hydrogens is 402 g/mol. The summed E-state index contributed by atoms with van der Waals surface area (Å²) in [5, 5.41) is 3.03. The van der Waals surface area contributed by atoms with E-state index in [0.717, 1.165) is 11.4 Å². The Bertz CT molecular complexity index is 1090. The number of nitrogens with one attached hydrogen (secondary N) is 1. The molecule has 4 rings (SSSR count). The zero-order chi connectivity index (χ0) is 21.3. The van der Waals surface area contributed by atoms with Crippen LogP contribution in [-0.2, 0) is 21.4 Å². The predicted octanol–water partition coefficient (Wildman–Crippen LogP) is 1.62. The molecule has 0 aliphatic carbocycles. The molecule has 30 heavy (non-hydrogen) atoms. The minimum atomic E-state index is -3.63. The van der Waals surface area contributed by atoms with Gasteiger partial charge in [0.25, 0.3) is 10.0 Å². The van der Waals surface area contributed by atoms with Crippen molar-refractivity contribution in [2.45, 2.75) is 24.3 Å². The van der Waals surface area contributed by atoms with Crippen LogP contribution in [0.15, 0.2) is 51.9 Å². The van der Waals surface area contributed by atoms with E-state index in [-0.39, 0.29) is 16.7 Å². The van der Waals surface area contributed by atoms with E-state index in [1.54, 1.807) is 24.4 Å². The molecule has 0 unspecified atom stereocenters. The highest BCUT2D eigenvalue weighted by atomic mass is 32.2. The van der Waals surface area contributed by atoms with Crippen molar-refractivity contribution >= 4 is 27.6 Å². The SMILES string of the molecule is CN(C)c1ncccc1CNC(=O)C1CCN(C2=NS(=O)(=O)c3ccccc32)CC1. The number of aromatic nitrogens is 1. The molecule has 1 fully saturated rings. The van der Waals surface area contributed by atoms with Crippen molar-refractivity contribution in [3.8, 4) is 0 Å². The number of anilines is 1. The van der Waals surface area contributed by atoms with E-state index in [9.17, 15) is 13.2 Å². The molecule has 1 amide bonds. The fourth-order valence-corrected chi connectivity index (χ4v) is 5.20. The number of piperidine rings is 1. The van der Waals surface area contributed by atoms with Gasteiger partial charge in [0, 0.05) is 57.0 Å². The second kappa shape index (κ2) is 8.06. The summed E-state index contributed by atoms with van der Waals surface area (Å²) in [5.74, 6) is 1.25. The number of likely N-dealkylation sites (tertiary alicyclic amines) is 1. The van der Waals surface area contributed by atoms with Crippen LogP contribution in [0.4, 0.5) is 5.82 Å². The maximum atomic E-state index is 12.7. The third kappa shape index (κ3) is 3.89. The molecule has 8 nitrogen and oxygen atoms in total. The molecule has 1 saturated heterocycles. The summed E-state index contributed by atoms with van der Waals surface area (Å²) in [7, 11) is 0.221. The summed E-state index contributed by atoms with van der Waals surface area (Å²) in [6.45, 7) is 1.62. The van der Waals surface area contributed by atoms with E-state index in [1.165, 1.54) is 0 Å². The molecule has 2 aliphatic rings. The topological polar surface area (TPSA) is 95.0 Å². The first-order valence-corrected chi connectivity index (χ1v) is 11.4. The Morgan fingerprint density at radius 2 is 1.90 bits per heavy atom. The van der Waals surface area contributed by atoms with Crippen LogP contribution in [0.1, 0.15) is 24.0 Å². The number of sulfonamides is 1. The van der Waals surface area contributed by atoms with Gasteiger partial charge in [0.1, 0.15) is 10.7 Å². The van der Waals surface area contributed by atoms with Crippen LogP contribution in [0.3, 0.4) is 0 Å². The van der Waals surface area contributed by atoms with Gasteiger partial charge in [-0.15, -0.1) is 4.40 Å². The zero-order valence-electron chi connectivity index (χ0n) is 17.1. The number of carbonyl (C=O) groups excluding carboxylic acids is 1. The lowest BCUT2D eigenvalue weighted by Gasteiger charge is -2.32. The van der Waals surface area contributed by atoms with Crippen LogP contribution in [0, 0.1) is 5.92 Å². The van der Waals surface area contributed by atoms with Crippen molar-refractivity contribution in [3.05, 3.63) is 53.7 Å². The number of amides is 1. The first-order valence-electron chi connectivity index (χ1n) is 9.95. The molecule has 1 N–H and O–H groups in total. The number of hydrogen-bond donors (Lipinski definition) is 1. The number of amidine groups is 1. The molecule has 0 bridgehead atoms. The normalized spacial score (nSPS) is 17.9. The highest BCUT2D eigenvalue weighted by molar-refractivity contribution is 7.90. The third-order valence-corrected chi connectivity index (χ3v) is 6.85. The van der Waals surface area contributed by atoms with E-state index in [1.807, 2.05) is 42.1 Å². The molecule has 0 spiro atoms. The number of fused-ring (bicyclic) bond motifs is 1. The van der Waals surface area contributed by atoms with E-state index >= 15 is 0 Å². The minimum absolute atomic E-state index is 0.0181. The van der Waals surface area contributed by atoms with Gasteiger partial charge < -0.3 is 15.1 Å². The van der Waals surface area contributed by atoms with Crippen molar-refractivity contribution < 1.29 is 13.2 Å². The van der Waals surface area contributed by atoms with Crippen LogP contribution in [0.25, 0.3) is 0 Å². The fraction of sp³-hybridized carbons (Fsp3) is 0.381. The van der Waals surface area contributed by atoms with Crippen LogP contribution >= 0.6 is 0 Å². The molecule has 0 saturated carbocycles. The predicted molar refractivity (Wildman–Crippen MR) is 115 cm³/mol. The maximum absolute atomic E-state index is 12.7. The molecule has 2 aliphatic heterocycles. The molecule has 1 aromatic carbocycles. The van der Waals surface area contributed by atoms with Crippen LogP contribution in [-0.4, -0.2) is 57.2 Å². The van der Waals surface area contributed by atoms with Gasteiger partial charge in [-0.25, -0.2) is 4.98 Å². The molecule has 2 aromatic rings. The monoisotopic (exact) mass is 427 g/mol. The average Bonchev–Trinajstić information content (AvgIpc) is 3.03. The number of nitrogens with zero attached hydrogens (tertiary/aromatic N) is 4. The Hall–Kier alpha value is -2.94. The standard InChI is InChI=1S/C21H25N5O3S/c1-25(2)19-16(6-5-11-22-19)14-23-21(27)15-9-12-26(13-10-15)20-17-7-3-4-8-18(17)30(28,29)24-20/h3-8,11,15H,9-10,12-14H2,1-2H3,(H,23,27). The van der Waals surface area contributed by atoms with Crippen molar-refractivity contribution in [3.63, 3.8) is 0 Å². The maximum Gasteiger partial charge on any atom is 0.285 e. The highest BCUT2D eigenvalue weighted by Gasteiger charge is 2.34. The summed E-state index contributed by atoms with van der Waals surface area (Å²) in [5.41, 5.74) is 1.61. The Morgan fingerprint density at radius 3 is 2.63 bits per heavy atom. The van der Waals surface area contributed by atoms with Gasteiger partial charge in [-0.2, -0.15) is 8.42 Å². The van der Waals surface area contributed by atoms with Gasteiger partial charge in [-0.3, -0.25) is 4.79 Å². The summed E-state index contributed by atoms with van der Waals surface area (Å²) in [4.78, 5) is 21.2. The molecule has 3 heterocycles. The number of hydrogen-bond acceptors (Lipinski definition) is 6. The zero-order valence-corrected chi connectivity index (χ0v) is 17.9. The van der Waals surface area contributed by atoms with Crippen molar-refractivity contribution in [2.24, 2.45) is 10.3 Å². The smallest absolute Gasteiger partial charge is 0.285 e. The Balaban J connectivity index is 1.37. The Morgan fingerprint density at radius 1 is 1.17 bits per heavy atom. The second-order valence-corrected chi connectivity index (χ2v) is 9.32. The molecule has 1 aromatic heterocycles. The Labute approximate surface area is 176 Å². The van der Waals surface area contributed by atoms with Gasteiger partial charge in [0.2, 0.25) is 5.91 Å². The lowest BCUT2D eigenvalue weighted by molar-refractivity contribution is -0.126. The van der Waals surface area contributed by atoms with E-state index < -0.39 is 10.0 Å². The van der Waals surface area contributed by atoms with Crippen molar-refractivity contribution in [2.75, 3.05) is 32.1 Å². The van der Waals surface area contributed by atoms with E-state index in [2.05, 4.69) is 14.7 Å². The number of carbonyl (C=O) groups is 1. The summed E-state index contributed by atoms with van der Waals surface area (Å²) in [6, 6.07) is 10.7. The van der Waals surface area contributed by atoms with Crippen molar-refractivity contribution in [1.82, 2.24) is 15.2 Å². The number of pyridine rings is 1. The molecule has 0 radical (unpaired) electrons. The number of rotatable bonds is 4. The summed E-state index contributed by atoms with van der Waals surface area (Å²) in [6.07, 6.45) is 3.04. The summed E-state index contributed by atoms with van der Waals surface area (Å²) >= 11 is 0. The molecular formula is C21H25N5O3S. The van der Waals surface area contributed by atoms with Gasteiger partial charge in [0.05, 0.1) is 0 Å². The Kier molecular flexibility index (Phi) is 5.46. The van der Waals surface area contributed by atoms with Gasteiger partial charge >= 0.3 is 0 Å². The summed E-state index contributed by atoms with van der Waals surface area (Å²) < 4.78 is 28.6. The molecule has 0 atom stereocenters. The first-order chi connectivity index (χ1) is 14.4. The fourth-order valence-electron chi connectivity index (χ4n) is 3.97. The second-order valence-electron chi connectivity index (χ2n) is 7.75. The largest absolute Gasteiger partial charge is 0.362 e. The number of benzene rings is 1. The first kappa shape index (κ1) is 20.3. The lowest BCUT2D eigenvalue weighted by atomic mass is 9.95. The minimum Gasteiger partial charge on any atom is -0.362 e. The van der Waals surface area contributed by atoms with Crippen LogP contribution in [0.5, 0.6) is 0 Å². The van der Waals surface area contributed by atoms with Gasteiger partial charge in [-0.1, -0.05) is 18.2 Å². The lowest BCUT2D eigenvalue weighted by Crippen LogP contribution is -2.43. The van der Waals surface area contributed by atoms with Crippen LogP contribution in [0.2, 0.25) is 0 Å². The van der Waals surface area contributed by atoms with Crippen LogP contribution < -0.4 is 10.2 Å². The quantitative estimate of drug-likeness (QED) is 0.797. The molecule has 158 valence electrons. The van der Waals surface area contributed by atoms with E-state index in [4.69, 9.17) is 0 Å². The average molecular weight is 428 g/mol.